The van der Waals surface area contributed by atoms with E-state index in [0.29, 0.717) is 5.56 Å². The van der Waals surface area contributed by atoms with E-state index in [-0.39, 0.29) is 5.91 Å². The molecular weight excluding hydrogens is 320 g/mol. The highest BCUT2D eigenvalue weighted by Crippen LogP contribution is 2.15. The molecule has 0 aliphatic heterocycles. The van der Waals surface area contributed by atoms with E-state index in [2.05, 4.69) is 26.5 Å². The van der Waals surface area contributed by atoms with Gasteiger partial charge in [0, 0.05) is 4.47 Å². The molecule has 0 unspecified atom stereocenters. The van der Waals surface area contributed by atoms with Gasteiger partial charge in [0.15, 0.2) is 0 Å². The summed E-state index contributed by atoms with van der Waals surface area (Å²) in [6.45, 7) is 0. The molecule has 20 heavy (non-hydrogen) atoms. The van der Waals surface area contributed by atoms with Crippen LogP contribution in [0, 0.1) is 0 Å². The zero-order valence-electron chi connectivity index (χ0n) is 10.8. The van der Waals surface area contributed by atoms with Crippen LogP contribution in [-0.2, 0) is 0 Å². The molecule has 5 heteroatoms. The number of carbonyl (C=O) groups excluding carboxylic acids is 1. The van der Waals surface area contributed by atoms with E-state index in [9.17, 15) is 4.79 Å². The van der Waals surface area contributed by atoms with Crippen molar-refractivity contribution in [2.75, 3.05) is 7.11 Å². The third-order valence-electron chi connectivity index (χ3n) is 2.61. The molecule has 2 aromatic rings. The maximum Gasteiger partial charge on any atom is 0.272 e. The fourth-order valence-electron chi connectivity index (χ4n) is 1.56. The molecule has 4 nitrogen and oxygen atoms in total. The predicted octanol–water partition coefficient (Wildman–Crippen LogP) is 3.22. The first-order chi connectivity index (χ1) is 9.70. The highest BCUT2D eigenvalue weighted by atomic mass is 79.9. The molecule has 0 fully saturated rings. The number of nitrogens with zero attached hydrogens (tertiary/aromatic N) is 1. The molecule has 2 aromatic carbocycles. The van der Waals surface area contributed by atoms with Gasteiger partial charge in [-0.1, -0.05) is 12.1 Å². The first kappa shape index (κ1) is 14.3. The van der Waals surface area contributed by atoms with Crippen molar-refractivity contribution in [2.45, 2.75) is 0 Å². The van der Waals surface area contributed by atoms with E-state index in [1.54, 1.807) is 25.5 Å². The van der Waals surface area contributed by atoms with Crippen LogP contribution in [0.25, 0.3) is 0 Å². The number of ether oxygens (including phenoxy) is 1. The third kappa shape index (κ3) is 3.68. The molecule has 0 aromatic heterocycles. The van der Waals surface area contributed by atoms with Gasteiger partial charge >= 0.3 is 0 Å². The Bertz CT molecular complexity index is 624. The maximum atomic E-state index is 11.9. The van der Waals surface area contributed by atoms with Crippen molar-refractivity contribution in [2.24, 2.45) is 5.10 Å². The van der Waals surface area contributed by atoms with Crippen LogP contribution in [0.2, 0.25) is 0 Å². The monoisotopic (exact) mass is 332 g/mol. The Hall–Kier alpha value is -2.14. The molecule has 0 saturated heterocycles. The molecule has 2 rings (SSSR count). The van der Waals surface area contributed by atoms with Crippen molar-refractivity contribution in [3.05, 3.63) is 64.1 Å². The lowest BCUT2D eigenvalue weighted by Gasteiger charge is -2.02. The summed E-state index contributed by atoms with van der Waals surface area (Å²) < 4.78 is 5.80. The highest BCUT2D eigenvalue weighted by Gasteiger charge is 2.07. The van der Waals surface area contributed by atoms with Crippen LogP contribution in [0.3, 0.4) is 0 Å². The Balaban J connectivity index is 1.99. The van der Waals surface area contributed by atoms with Crippen LogP contribution in [-0.4, -0.2) is 19.2 Å². The molecule has 0 aliphatic rings. The number of benzene rings is 2. The summed E-state index contributed by atoms with van der Waals surface area (Å²) in [7, 11) is 1.61. The number of methoxy groups -OCH3 is 1. The molecule has 0 bridgehead atoms. The van der Waals surface area contributed by atoms with Crippen molar-refractivity contribution in [3.8, 4) is 5.75 Å². The molecule has 0 heterocycles. The number of rotatable bonds is 4. The summed E-state index contributed by atoms with van der Waals surface area (Å²) in [6, 6.07) is 14.5. The Morgan fingerprint density at radius 3 is 2.55 bits per heavy atom. The van der Waals surface area contributed by atoms with Gasteiger partial charge in [-0.2, -0.15) is 5.10 Å². The quantitative estimate of drug-likeness (QED) is 0.690. The summed E-state index contributed by atoms with van der Waals surface area (Å²) in [4.78, 5) is 11.9. The molecule has 0 saturated carbocycles. The molecular formula is C15H13BrN2O2. The smallest absolute Gasteiger partial charge is 0.272 e. The third-order valence-corrected chi connectivity index (χ3v) is 3.31. The summed E-state index contributed by atoms with van der Waals surface area (Å²) in [5.41, 5.74) is 3.90. The predicted molar refractivity (Wildman–Crippen MR) is 82.2 cm³/mol. The van der Waals surface area contributed by atoms with Crippen molar-refractivity contribution in [1.82, 2.24) is 5.43 Å². The van der Waals surface area contributed by atoms with Gasteiger partial charge in [-0.05, 0) is 57.9 Å². The fourth-order valence-corrected chi connectivity index (χ4v) is 2.03. The molecule has 0 aliphatic carbocycles. The molecule has 1 N–H and O–H groups in total. The van der Waals surface area contributed by atoms with Gasteiger partial charge in [0.05, 0.1) is 18.9 Å². The van der Waals surface area contributed by atoms with E-state index in [4.69, 9.17) is 4.74 Å². The Morgan fingerprint density at radius 1 is 1.20 bits per heavy atom. The van der Waals surface area contributed by atoms with E-state index in [1.807, 2.05) is 36.4 Å². The average Bonchev–Trinajstić information content (AvgIpc) is 2.48. The summed E-state index contributed by atoms with van der Waals surface area (Å²) in [5.74, 6) is 0.515. The van der Waals surface area contributed by atoms with E-state index in [1.165, 1.54) is 0 Å². The number of amides is 1. The minimum absolute atomic E-state index is 0.262. The SMILES string of the molecule is COc1ccc(/C=N\NC(=O)c2ccccc2Br)cc1. The number of hydrogen-bond donors (Lipinski definition) is 1. The number of carbonyl (C=O) groups is 1. The fraction of sp³-hybridized carbons (Fsp3) is 0.0667. The van der Waals surface area contributed by atoms with Gasteiger partial charge in [0.2, 0.25) is 0 Å². The lowest BCUT2D eigenvalue weighted by Crippen LogP contribution is -2.18. The van der Waals surface area contributed by atoms with Crippen molar-refractivity contribution >= 4 is 28.1 Å². The number of nitrogens with one attached hydrogen (secondary N) is 1. The first-order valence-electron chi connectivity index (χ1n) is 5.92. The van der Waals surface area contributed by atoms with Gasteiger partial charge in [0.1, 0.15) is 5.75 Å². The number of hydrazone groups is 1. The second-order valence-electron chi connectivity index (χ2n) is 3.95. The molecule has 102 valence electrons. The standard InChI is InChI=1S/C15H13BrN2O2/c1-20-12-8-6-11(7-9-12)10-17-18-15(19)13-4-2-3-5-14(13)16/h2-10H,1H3,(H,18,19)/b17-10-. The Kier molecular flexibility index (Phi) is 4.90. The van der Waals surface area contributed by atoms with E-state index < -0.39 is 0 Å². The van der Waals surface area contributed by atoms with Crippen LogP contribution in [0.4, 0.5) is 0 Å². The number of hydrogen-bond acceptors (Lipinski definition) is 3. The normalized spacial score (nSPS) is 10.5. The number of halogens is 1. The van der Waals surface area contributed by atoms with Crippen LogP contribution in [0.15, 0.2) is 58.1 Å². The van der Waals surface area contributed by atoms with Crippen molar-refractivity contribution in [3.63, 3.8) is 0 Å². The van der Waals surface area contributed by atoms with Crippen LogP contribution in [0.5, 0.6) is 5.75 Å². The largest absolute Gasteiger partial charge is 0.497 e. The van der Waals surface area contributed by atoms with Crippen LogP contribution < -0.4 is 10.2 Å². The lowest BCUT2D eigenvalue weighted by atomic mass is 10.2. The topological polar surface area (TPSA) is 50.7 Å². The van der Waals surface area contributed by atoms with Gasteiger partial charge in [-0.3, -0.25) is 4.79 Å². The Labute approximate surface area is 125 Å². The zero-order valence-corrected chi connectivity index (χ0v) is 12.4. The maximum absolute atomic E-state index is 11.9. The second kappa shape index (κ2) is 6.86. The van der Waals surface area contributed by atoms with E-state index in [0.717, 1.165) is 15.8 Å². The first-order valence-corrected chi connectivity index (χ1v) is 6.72. The summed E-state index contributed by atoms with van der Waals surface area (Å²) >= 11 is 3.32. The van der Waals surface area contributed by atoms with Gasteiger partial charge in [-0.15, -0.1) is 0 Å². The lowest BCUT2D eigenvalue weighted by molar-refractivity contribution is 0.0954. The van der Waals surface area contributed by atoms with Gasteiger partial charge in [-0.25, -0.2) is 5.43 Å². The van der Waals surface area contributed by atoms with Crippen LogP contribution in [0.1, 0.15) is 15.9 Å². The average molecular weight is 333 g/mol. The van der Waals surface area contributed by atoms with Crippen LogP contribution >= 0.6 is 15.9 Å². The second-order valence-corrected chi connectivity index (χ2v) is 4.81. The summed E-state index contributed by atoms with van der Waals surface area (Å²) in [5, 5.41) is 3.93. The minimum atomic E-state index is -0.262. The van der Waals surface area contributed by atoms with E-state index >= 15 is 0 Å². The van der Waals surface area contributed by atoms with Gasteiger partial charge < -0.3 is 4.74 Å². The molecule has 0 atom stereocenters. The molecule has 0 radical (unpaired) electrons. The molecule has 1 amide bonds. The summed E-state index contributed by atoms with van der Waals surface area (Å²) in [6.07, 6.45) is 1.58. The van der Waals surface area contributed by atoms with Crippen molar-refractivity contribution < 1.29 is 9.53 Å². The van der Waals surface area contributed by atoms with Gasteiger partial charge in [0.25, 0.3) is 5.91 Å². The molecule has 0 spiro atoms. The zero-order chi connectivity index (χ0) is 14.4. The Morgan fingerprint density at radius 2 is 1.90 bits per heavy atom. The minimum Gasteiger partial charge on any atom is -0.497 e. The highest BCUT2D eigenvalue weighted by molar-refractivity contribution is 9.10. The van der Waals surface area contributed by atoms with Crippen molar-refractivity contribution in [1.29, 1.82) is 0 Å².